The van der Waals surface area contributed by atoms with Crippen molar-refractivity contribution >= 4 is 0 Å². The Labute approximate surface area is 118 Å². The molecule has 0 N–H and O–H groups in total. The van der Waals surface area contributed by atoms with Gasteiger partial charge in [-0.25, -0.2) is 31.6 Å². The number of hydrogen-bond donors (Lipinski definition) is 0. The van der Waals surface area contributed by atoms with E-state index in [1.54, 1.807) is 0 Å². The minimum Gasteiger partial charge on any atom is -1.00 e. The van der Waals surface area contributed by atoms with Gasteiger partial charge in [-0.1, -0.05) is 0 Å². The minimum absolute atomic E-state index is 0. The molecule has 0 aromatic rings. The van der Waals surface area contributed by atoms with Gasteiger partial charge in [-0.3, -0.25) is 0 Å². The van der Waals surface area contributed by atoms with E-state index >= 15 is 0 Å². The summed E-state index contributed by atoms with van der Waals surface area (Å²) >= 11 is 0. The molecule has 0 atom stereocenters. The summed E-state index contributed by atoms with van der Waals surface area (Å²) < 4.78 is 0. The second-order valence-electron chi connectivity index (χ2n) is 0. The fourth-order valence-electron chi connectivity index (χ4n) is 0. The first-order valence-electron chi connectivity index (χ1n) is 1.55. The fraction of sp³-hybridized carbons (Fsp3) is 0. The van der Waals surface area contributed by atoms with Gasteiger partial charge in [0, 0.05) is 56.5 Å². The zero-order valence-corrected chi connectivity index (χ0v) is 10.6. The van der Waals surface area contributed by atoms with Crippen molar-refractivity contribution in [2.45, 2.75) is 0 Å². The molecule has 0 bridgehead atoms. The Morgan fingerprint density at radius 2 is 0.429 bits per heavy atom. The topological polar surface area (TPSA) is 143 Å². The number of rotatable bonds is 0. The van der Waals surface area contributed by atoms with E-state index in [2.05, 4.69) is 39.4 Å². The first kappa shape index (κ1) is 82.3. The molecule has 0 heterocycles. The average molecular weight is 242 g/mol. The van der Waals surface area contributed by atoms with Gasteiger partial charge in [-0.2, -0.15) is 0 Å². The molecule has 6 nitrogen and oxygen atoms in total. The third-order valence-corrected chi connectivity index (χ3v) is 0. The van der Waals surface area contributed by atoms with Gasteiger partial charge in [0.1, 0.15) is 0 Å². The van der Waals surface area contributed by atoms with Crippen LogP contribution in [0.3, 0.4) is 0 Å². The monoisotopic (exact) mass is 242 g/mol. The maximum atomic E-state index is 6.50. The zero-order valence-electron chi connectivity index (χ0n) is 8.50. The fourth-order valence-corrected chi connectivity index (χ4v) is 0. The maximum Gasteiger partial charge on any atom is 1.00 e. The Bertz CT molecular complexity index is 103. The van der Waals surface area contributed by atoms with Crippen molar-refractivity contribution in [3.05, 3.63) is 0 Å². The van der Waals surface area contributed by atoms with Crippen LogP contribution in [0.5, 0.6) is 0 Å². The van der Waals surface area contributed by atoms with Crippen LogP contribution < -0.4 is 29.6 Å². The van der Waals surface area contributed by atoms with Gasteiger partial charge in [0.2, 0.25) is 0 Å². The summed E-state index contributed by atoms with van der Waals surface area (Å²) in [6.07, 6.45) is 0. The molecule has 0 saturated carbocycles. The summed E-state index contributed by atoms with van der Waals surface area (Å²) in [5.74, 6) is 0. The molecule has 0 aliphatic heterocycles. The van der Waals surface area contributed by atoms with Crippen LogP contribution in [0.15, 0.2) is 0 Å². The summed E-state index contributed by atoms with van der Waals surface area (Å²) in [5, 5.41) is 39.0. The SMILES string of the molecule is C#N.C#N.C#N.C#N.C#N.C#N.[Fe].[H-].[Na+]. The van der Waals surface area contributed by atoms with Crippen molar-refractivity contribution in [1.29, 1.82) is 31.6 Å². The maximum absolute atomic E-state index is 6.50. The second-order valence-corrected chi connectivity index (χ2v) is 0. The summed E-state index contributed by atoms with van der Waals surface area (Å²) in [6, 6.07) is 0. The van der Waals surface area contributed by atoms with E-state index in [1.807, 2.05) is 0 Å². The number of nitrogens with zero attached hydrogens (tertiary/aromatic N) is 6. The molecule has 0 aromatic heterocycles. The molecule has 0 aromatic carbocycles. The van der Waals surface area contributed by atoms with E-state index in [-0.39, 0.29) is 48.1 Å². The molecular formula is C6H7FeN6Na. The van der Waals surface area contributed by atoms with Crippen LogP contribution >= 0.6 is 0 Å². The molecule has 0 aliphatic rings. The summed E-state index contributed by atoms with van der Waals surface area (Å²) in [5.41, 5.74) is 0. The Hall–Kier alpha value is -1.54. The number of nitriles is 6. The Kier molecular flexibility index (Phi) is 3100. The molecule has 0 amide bonds. The molecule has 0 aliphatic carbocycles. The van der Waals surface area contributed by atoms with Crippen LogP contribution in [-0.2, 0) is 17.1 Å². The molecule has 0 fully saturated rings. The van der Waals surface area contributed by atoms with Crippen LogP contribution in [0.4, 0.5) is 0 Å². The molecule has 8 heteroatoms. The van der Waals surface area contributed by atoms with Gasteiger partial charge < -0.3 is 1.43 Å². The van der Waals surface area contributed by atoms with Crippen LogP contribution in [0.25, 0.3) is 0 Å². The molecule has 0 spiro atoms. The van der Waals surface area contributed by atoms with E-state index in [0.29, 0.717) is 0 Å². The molecule has 0 unspecified atom stereocenters. The third kappa shape index (κ3) is 394. The Morgan fingerprint density at radius 1 is 0.429 bits per heavy atom. The van der Waals surface area contributed by atoms with E-state index in [4.69, 9.17) is 31.6 Å². The zero-order chi connectivity index (χ0) is 12.0. The van der Waals surface area contributed by atoms with Gasteiger partial charge in [-0.05, 0) is 0 Å². The van der Waals surface area contributed by atoms with Crippen molar-refractivity contribution in [3.8, 4) is 39.4 Å². The predicted octanol–water partition coefficient (Wildman–Crippen LogP) is -2.05. The summed E-state index contributed by atoms with van der Waals surface area (Å²) in [6.45, 7) is 21.0. The molecule has 0 rings (SSSR count). The van der Waals surface area contributed by atoms with Crippen LogP contribution in [0.2, 0.25) is 0 Å². The normalized spacial score (nSPS) is 0.857. The first-order valence-corrected chi connectivity index (χ1v) is 1.55. The van der Waals surface area contributed by atoms with Gasteiger partial charge >= 0.3 is 29.6 Å². The summed E-state index contributed by atoms with van der Waals surface area (Å²) in [7, 11) is 0. The minimum atomic E-state index is 0. The molecule has 14 heavy (non-hydrogen) atoms. The van der Waals surface area contributed by atoms with Crippen molar-refractivity contribution in [1.82, 2.24) is 0 Å². The molecular weight excluding hydrogens is 235 g/mol. The smallest absolute Gasteiger partial charge is 1.00 e. The third-order valence-electron chi connectivity index (χ3n) is 0. The van der Waals surface area contributed by atoms with Gasteiger partial charge in [0.25, 0.3) is 0 Å². The summed E-state index contributed by atoms with van der Waals surface area (Å²) in [4.78, 5) is 0. The van der Waals surface area contributed by atoms with Crippen molar-refractivity contribution in [2.24, 2.45) is 0 Å². The quantitative estimate of drug-likeness (QED) is 0.447. The van der Waals surface area contributed by atoms with Crippen LogP contribution in [0, 0.1) is 71.0 Å². The van der Waals surface area contributed by atoms with E-state index in [0.717, 1.165) is 0 Å². The largest absolute Gasteiger partial charge is 1.00 e. The van der Waals surface area contributed by atoms with Crippen LogP contribution in [0.1, 0.15) is 1.43 Å². The standard InChI is InChI=1S/6CHN.Fe.Na.H/c6*1-2;;;/h6*1H;;;/q;;;;;;;+1;-1. The van der Waals surface area contributed by atoms with Gasteiger partial charge in [0.05, 0.1) is 0 Å². The van der Waals surface area contributed by atoms with Crippen molar-refractivity contribution in [3.63, 3.8) is 0 Å². The van der Waals surface area contributed by atoms with Crippen molar-refractivity contribution in [2.75, 3.05) is 0 Å². The second kappa shape index (κ2) is 528. The molecule has 0 radical (unpaired) electrons. The van der Waals surface area contributed by atoms with Crippen molar-refractivity contribution < 1.29 is 48.1 Å². The first-order chi connectivity index (χ1) is 6.00. The number of hydrogen-bond acceptors (Lipinski definition) is 6. The van der Waals surface area contributed by atoms with Gasteiger partial charge in [-0.15, -0.1) is 0 Å². The van der Waals surface area contributed by atoms with Crippen LogP contribution in [-0.4, -0.2) is 0 Å². The predicted molar refractivity (Wildman–Crippen MR) is 41.1 cm³/mol. The van der Waals surface area contributed by atoms with E-state index in [1.165, 1.54) is 0 Å². The Morgan fingerprint density at radius 3 is 0.429 bits per heavy atom. The van der Waals surface area contributed by atoms with E-state index in [9.17, 15) is 0 Å². The van der Waals surface area contributed by atoms with Gasteiger partial charge in [0.15, 0.2) is 0 Å². The molecule has 0 saturated heterocycles. The average Bonchev–Trinajstić information content (AvgIpc) is 2.33. The Balaban J connectivity index is -0.00000000396. The van der Waals surface area contributed by atoms with E-state index < -0.39 is 0 Å². The molecule has 70 valence electrons.